The molecule has 0 amide bonds. The molecule has 1 aromatic heterocycles. The Kier molecular flexibility index (Phi) is 4.45. The minimum atomic E-state index is -0.0501. The van der Waals surface area contributed by atoms with E-state index < -0.39 is 0 Å². The minimum Gasteiger partial charge on any atom is -0.496 e. The summed E-state index contributed by atoms with van der Waals surface area (Å²) in [5, 5.41) is 4.46. The van der Waals surface area contributed by atoms with Crippen molar-refractivity contribution in [3.05, 3.63) is 46.8 Å². The van der Waals surface area contributed by atoms with Gasteiger partial charge in [0.1, 0.15) is 5.75 Å². The Morgan fingerprint density at radius 3 is 2.70 bits per heavy atom. The summed E-state index contributed by atoms with van der Waals surface area (Å²) in [5.41, 5.74) is 10.8. The van der Waals surface area contributed by atoms with Crippen molar-refractivity contribution >= 4 is 0 Å². The zero-order chi connectivity index (χ0) is 14.7. The molecule has 0 spiro atoms. The Bertz CT molecular complexity index is 589. The molecule has 1 atom stereocenters. The number of nitrogens with zero attached hydrogens (tertiary/aromatic N) is 2. The van der Waals surface area contributed by atoms with Gasteiger partial charge < -0.3 is 10.5 Å². The fraction of sp³-hybridized carbons (Fsp3) is 0.438. The third kappa shape index (κ3) is 3.02. The summed E-state index contributed by atoms with van der Waals surface area (Å²) in [6, 6.07) is 8.21. The van der Waals surface area contributed by atoms with Crippen LogP contribution < -0.4 is 10.5 Å². The van der Waals surface area contributed by atoms with Crippen molar-refractivity contribution in [2.45, 2.75) is 39.8 Å². The highest BCUT2D eigenvalue weighted by atomic mass is 16.5. The summed E-state index contributed by atoms with van der Waals surface area (Å²) < 4.78 is 7.38. The maximum Gasteiger partial charge on any atom is 0.122 e. The molecule has 1 aromatic carbocycles. The molecule has 0 saturated carbocycles. The SMILES string of the molecule is CCn1nc(C)cc1CC(N)c1ccc(C)c(OC)c1. The molecule has 0 fully saturated rings. The molecule has 2 N–H and O–H groups in total. The van der Waals surface area contributed by atoms with Crippen molar-refractivity contribution in [2.24, 2.45) is 5.73 Å². The predicted molar refractivity (Wildman–Crippen MR) is 81.0 cm³/mol. The molecule has 20 heavy (non-hydrogen) atoms. The van der Waals surface area contributed by atoms with Crippen LogP contribution in [0.2, 0.25) is 0 Å². The van der Waals surface area contributed by atoms with Crippen LogP contribution >= 0.6 is 0 Å². The van der Waals surface area contributed by atoms with Gasteiger partial charge in [0.25, 0.3) is 0 Å². The predicted octanol–water partition coefficient (Wildman–Crippen LogP) is 2.77. The molecular formula is C16H23N3O. The molecular weight excluding hydrogens is 250 g/mol. The first-order chi connectivity index (χ1) is 9.55. The second-order valence-corrected chi connectivity index (χ2v) is 5.13. The minimum absolute atomic E-state index is 0.0501. The standard InChI is InChI=1S/C16H23N3O/c1-5-19-14(8-12(3)18-19)10-15(17)13-7-6-11(2)16(9-13)20-4/h6-9,15H,5,10,17H2,1-4H3. The Morgan fingerprint density at radius 2 is 2.05 bits per heavy atom. The molecule has 0 aliphatic rings. The zero-order valence-electron chi connectivity index (χ0n) is 12.7. The van der Waals surface area contributed by atoms with Crippen LogP contribution in [0.1, 0.15) is 35.5 Å². The van der Waals surface area contributed by atoms with E-state index in [0.717, 1.165) is 35.5 Å². The maximum atomic E-state index is 6.34. The van der Waals surface area contributed by atoms with Gasteiger partial charge in [-0.25, -0.2) is 0 Å². The maximum absolute atomic E-state index is 6.34. The monoisotopic (exact) mass is 273 g/mol. The van der Waals surface area contributed by atoms with Crippen LogP contribution in [0.3, 0.4) is 0 Å². The van der Waals surface area contributed by atoms with Gasteiger partial charge >= 0.3 is 0 Å². The van der Waals surface area contributed by atoms with Gasteiger partial charge in [-0.15, -0.1) is 0 Å². The highest BCUT2D eigenvalue weighted by molar-refractivity contribution is 5.38. The first-order valence-corrected chi connectivity index (χ1v) is 6.98. The van der Waals surface area contributed by atoms with Gasteiger partial charge in [0.15, 0.2) is 0 Å². The van der Waals surface area contributed by atoms with Crippen LogP contribution in [0, 0.1) is 13.8 Å². The van der Waals surface area contributed by atoms with Crippen molar-refractivity contribution in [2.75, 3.05) is 7.11 Å². The Morgan fingerprint density at radius 1 is 1.30 bits per heavy atom. The normalized spacial score (nSPS) is 12.4. The van der Waals surface area contributed by atoms with Crippen LogP contribution in [0.4, 0.5) is 0 Å². The van der Waals surface area contributed by atoms with Crippen molar-refractivity contribution in [1.82, 2.24) is 9.78 Å². The number of benzene rings is 1. The lowest BCUT2D eigenvalue weighted by molar-refractivity contribution is 0.410. The second kappa shape index (κ2) is 6.09. The lowest BCUT2D eigenvalue weighted by Crippen LogP contribution is -2.16. The lowest BCUT2D eigenvalue weighted by atomic mass is 10.0. The van der Waals surface area contributed by atoms with E-state index in [1.54, 1.807) is 7.11 Å². The average Bonchev–Trinajstić information content (AvgIpc) is 2.79. The van der Waals surface area contributed by atoms with E-state index in [-0.39, 0.29) is 6.04 Å². The number of ether oxygens (including phenoxy) is 1. The number of nitrogens with two attached hydrogens (primary N) is 1. The van der Waals surface area contributed by atoms with Gasteiger partial charge in [-0.3, -0.25) is 4.68 Å². The summed E-state index contributed by atoms with van der Waals surface area (Å²) in [6.07, 6.45) is 0.779. The molecule has 0 aliphatic heterocycles. The molecule has 108 valence electrons. The summed E-state index contributed by atoms with van der Waals surface area (Å²) in [7, 11) is 1.69. The summed E-state index contributed by atoms with van der Waals surface area (Å²) in [4.78, 5) is 0. The molecule has 0 aliphatic carbocycles. The zero-order valence-corrected chi connectivity index (χ0v) is 12.7. The van der Waals surface area contributed by atoms with Gasteiger partial charge in [-0.2, -0.15) is 5.10 Å². The topological polar surface area (TPSA) is 53.1 Å². The van der Waals surface area contributed by atoms with E-state index in [0.29, 0.717) is 0 Å². The van der Waals surface area contributed by atoms with Gasteiger partial charge in [0, 0.05) is 24.7 Å². The smallest absolute Gasteiger partial charge is 0.122 e. The van der Waals surface area contributed by atoms with Gasteiger partial charge in [0.2, 0.25) is 0 Å². The summed E-state index contributed by atoms with van der Waals surface area (Å²) in [6.45, 7) is 7.00. The number of hydrogen-bond acceptors (Lipinski definition) is 3. The summed E-state index contributed by atoms with van der Waals surface area (Å²) >= 11 is 0. The Balaban J connectivity index is 2.21. The van der Waals surface area contributed by atoms with E-state index in [1.807, 2.05) is 24.6 Å². The van der Waals surface area contributed by atoms with Gasteiger partial charge in [0.05, 0.1) is 12.8 Å². The first kappa shape index (κ1) is 14.6. The first-order valence-electron chi connectivity index (χ1n) is 6.98. The molecule has 2 aromatic rings. The number of hydrogen-bond donors (Lipinski definition) is 1. The highest BCUT2D eigenvalue weighted by Crippen LogP contribution is 2.24. The van der Waals surface area contributed by atoms with Crippen molar-refractivity contribution in [3.8, 4) is 5.75 Å². The second-order valence-electron chi connectivity index (χ2n) is 5.13. The molecule has 4 nitrogen and oxygen atoms in total. The number of aromatic nitrogens is 2. The lowest BCUT2D eigenvalue weighted by Gasteiger charge is -2.15. The number of aryl methyl sites for hydroxylation is 3. The van der Waals surface area contributed by atoms with E-state index in [1.165, 1.54) is 5.69 Å². The van der Waals surface area contributed by atoms with Crippen molar-refractivity contribution < 1.29 is 4.74 Å². The van der Waals surface area contributed by atoms with E-state index >= 15 is 0 Å². The average molecular weight is 273 g/mol. The molecule has 1 heterocycles. The fourth-order valence-electron chi connectivity index (χ4n) is 2.45. The number of methoxy groups -OCH3 is 1. The molecule has 0 radical (unpaired) electrons. The van der Waals surface area contributed by atoms with E-state index in [4.69, 9.17) is 10.5 Å². The van der Waals surface area contributed by atoms with Crippen LogP contribution in [0.25, 0.3) is 0 Å². The van der Waals surface area contributed by atoms with Crippen molar-refractivity contribution in [1.29, 1.82) is 0 Å². The molecule has 0 saturated heterocycles. The van der Waals surface area contributed by atoms with Gasteiger partial charge in [-0.05, 0) is 44.0 Å². The molecule has 4 heteroatoms. The van der Waals surface area contributed by atoms with E-state index in [2.05, 4.69) is 30.2 Å². The third-order valence-electron chi connectivity index (χ3n) is 3.57. The largest absolute Gasteiger partial charge is 0.496 e. The third-order valence-corrected chi connectivity index (χ3v) is 3.57. The van der Waals surface area contributed by atoms with Crippen LogP contribution in [0.15, 0.2) is 24.3 Å². The molecule has 0 bridgehead atoms. The van der Waals surface area contributed by atoms with Crippen LogP contribution in [-0.2, 0) is 13.0 Å². The Hall–Kier alpha value is -1.81. The highest BCUT2D eigenvalue weighted by Gasteiger charge is 2.13. The summed E-state index contributed by atoms with van der Waals surface area (Å²) in [5.74, 6) is 0.887. The van der Waals surface area contributed by atoms with Crippen LogP contribution in [0.5, 0.6) is 5.75 Å². The van der Waals surface area contributed by atoms with Crippen LogP contribution in [-0.4, -0.2) is 16.9 Å². The van der Waals surface area contributed by atoms with Gasteiger partial charge in [-0.1, -0.05) is 12.1 Å². The quantitative estimate of drug-likeness (QED) is 0.911. The van der Waals surface area contributed by atoms with Crippen molar-refractivity contribution in [3.63, 3.8) is 0 Å². The molecule has 1 unspecified atom stereocenters. The fourth-order valence-corrected chi connectivity index (χ4v) is 2.45. The Labute approximate surface area is 120 Å². The molecule has 2 rings (SSSR count). The van der Waals surface area contributed by atoms with E-state index in [9.17, 15) is 0 Å². The number of rotatable bonds is 5.